The van der Waals surface area contributed by atoms with Gasteiger partial charge in [-0.15, -0.1) is 0 Å². The number of ketones is 1. The van der Waals surface area contributed by atoms with Gasteiger partial charge in [-0.1, -0.05) is 74.5 Å². The Morgan fingerprint density at radius 3 is 2.62 bits per heavy atom. The first kappa shape index (κ1) is 24.6. The van der Waals surface area contributed by atoms with E-state index in [0.29, 0.717) is 40.7 Å². The Hall–Kier alpha value is -2.54. The van der Waals surface area contributed by atoms with Gasteiger partial charge in [0.1, 0.15) is 0 Å². The standard InChI is InChI=1S/C27H32ClN3O3/c1-3-4-10-23(32)21(15-17-11-12-17)25(33)27(29)26(34)31(2)22-14-13-19(28)16-20(22)24(30-27)18-8-6-5-7-9-18/h5-9,13-14,16-17,21,23,32H,3-4,10-12,15,29H2,1-2H3/t21-,23+,27?/m1/s1. The van der Waals surface area contributed by atoms with E-state index in [1.54, 1.807) is 25.2 Å². The second kappa shape index (κ2) is 9.98. The molecule has 1 aliphatic heterocycles. The largest absolute Gasteiger partial charge is 0.392 e. The van der Waals surface area contributed by atoms with Gasteiger partial charge in [0.2, 0.25) is 5.66 Å². The van der Waals surface area contributed by atoms with Crippen LogP contribution in [0.5, 0.6) is 0 Å². The highest BCUT2D eigenvalue weighted by Crippen LogP contribution is 2.40. The molecule has 1 unspecified atom stereocenters. The number of halogens is 1. The molecule has 1 aliphatic carbocycles. The molecule has 3 N–H and O–H groups in total. The molecule has 0 aromatic heterocycles. The number of hydrogen-bond donors (Lipinski definition) is 2. The van der Waals surface area contributed by atoms with E-state index in [9.17, 15) is 14.7 Å². The van der Waals surface area contributed by atoms with Crippen LogP contribution in [0.3, 0.4) is 0 Å². The lowest BCUT2D eigenvalue weighted by Gasteiger charge is -2.31. The highest BCUT2D eigenvalue weighted by atomic mass is 35.5. The predicted molar refractivity (Wildman–Crippen MR) is 135 cm³/mol. The summed E-state index contributed by atoms with van der Waals surface area (Å²) in [6, 6.07) is 14.5. The van der Waals surface area contributed by atoms with Crippen LogP contribution in [0, 0.1) is 11.8 Å². The number of nitrogens with zero attached hydrogens (tertiary/aromatic N) is 2. The molecule has 4 rings (SSSR count). The average molecular weight is 482 g/mol. The monoisotopic (exact) mass is 481 g/mol. The molecule has 1 heterocycles. The molecule has 0 spiro atoms. The summed E-state index contributed by atoms with van der Waals surface area (Å²) in [6.45, 7) is 2.04. The second-order valence-corrected chi connectivity index (χ2v) is 9.91. The summed E-state index contributed by atoms with van der Waals surface area (Å²) < 4.78 is 0. The Morgan fingerprint density at radius 1 is 1.26 bits per heavy atom. The van der Waals surface area contributed by atoms with E-state index in [1.165, 1.54) is 4.90 Å². The minimum Gasteiger partial charge on any atom is -0.392 e. The summed E-state index contributed by atoms with van der Waals surface area (Å²) in [5.41, 5.74) is 6.87. The molecule has 180 valence electrons. The Morgan fingerprint density at radius 2 is 1.97 bits per heavy atom. The lowest BCUT2D eigenvalue weighted by molar-refractivity contribution is -0.139. The number of carbonyl (C=O) groups excluding carboxylic acids is 2. The van der Waals surface area contributed by atoms with Crippen LogP contribution in [-0.2, 0) is 9.59 Å². The molecule has 3 atom stereocenters. The number of aliphatic hydroxyl groups excluding tert-OH is 1. The zero-order chi connectivity index (χ0) is 24.5. The molecule has 2 aromatic rings. The molecule has 1 amide bonds. The normalized spacial score (nSPS) is 22.0. The fraction of sp³-hybridized carbons (Fsp3) is 0.444. The van der Waals surface area contributed by atoms with Crippen LogP contribution in [0.1, 0.15) is 56.6 Å². The summed E-state index contributed by atoms with van der Waals surface area (Å²) in [5.74, 6) is -1.50. The van der Waals surface area contributed by atoms with E-state index in [2.05, 4.69) is 4.99 Å². The first-order valence-electron chi connectivity index (χ1n) is 12.0. The number of Topliss-reactive ketones (excluding diaryl/α,β-unsaturated/α-hetero) is 1. The third-order valence-corrected chi connectivity index (χ3v) is 7.09. The SMILES string of the molecule is CCCC[C@H](O)[C@@H](CC1CC1)C(=O)C1(N)N=C(c2ccccc2)c2cc(Cl)ccc2N(C)C1=O. The zero-order valence-corrected chi connectivity index (χ0v) is 20.5. The van der Waals surface area contributed by atoms with Gasteiger partial charge in [0, 0.05) is 29.1 Å². The van der Waals surface area contributed by atoms with Crippen molar-refractivity contribution in [2.45, 2.75) is 57.2 Å². The Balaban J connectivity index is 1.85. The predicted octanol–water partition coefficient (Wildman–Crippen LogP) is 4.35. The fourth-order valence-electron chi connectivity index (χ4n) is 4.67. The van der Waals surface area contributed by atoms with Gasteiger partial charge in [-0.25, -0.2) is 4.99 Å². The van der Waals surface area contributed by atoms with Gasteiger partial charge in [0.05, 0.1) is 17.5 Å². The van der Waals surface area contributed by atoms with Crippen LogP contribution in [0.25, 0.3) is 0 Å². The lowest BCUT2D eigenvalue weighted by Crippen LogP contribution is -2.61. The number of anilines is 1. The van der Waals surface area contributed by atoms with Gasteiger partial charge in [0.15, 0.2) is 5.78 Å². The average Bonchev–Trinajstić information content (AvgIpc) is 3.67. The van der Waals surface area contributed by atoms with E-state index in [-0.39, 0.29) is 0 Å². The molecule has 2 aliphatic rings. The topological polar surface area (TPSA) is 96.0 Å². The maximum Gasteiger partial charge on any atom is 0.277 e. The lowest BCUT2D eigenvalue weighted by atomic mass is 9.82. The fourth-order valence-corrected chi connectivity index (χ4v) is 4.84. The number of hydrogen-bond acceptors (Lipinski definition) is 5. The summed E-state index contributed by atoms with van der Waals surface area (Å²) in [5, 5.41) is 11.5. The summed E-state index contributed by atoms with van der Waals surface area (Å²) in [4.78, 5) is 33.8. The van der Waals surface area contributed by atoms with Crippen molar-refractivity contribution in [3.63, 3.8) is 0 Å². The molecule has 0 saturated heterocycles. The number of aliphatic imine (C=N–C) groups is 1. The number of benzene rings is 2. The van der Waals surface area contributed by atoms with Crippen molar-refractivity contribution < 1.29 is 14.7 Å². The van der Waals surface area contributed by atoms with Crippen LogP contribution >= 0.6 is 11.6 Å². The zero-order valence-electron chi connectivity index (χ0n) is 19.7. The van der Waals surface area contributed by atoms with Gasteiger partial charge in [0.25, 0.3) is 5.91 Å². The number of likely N-dealkylation sites (N-methyl/N-ethyl adjacent to an activating group) is 1. The van der Waals surface area contributed by atoms with E-state index < -0.39 is 29.4 Å². The number of benzodiazepines with no additional fused rings is 1. The third kappa shape index (κ3) is 4.81. The second-order valence-electron chi connectivity index (χ2n) is 9.48. The Bertz CT molecular complexity index is 1100. The molecule has 6 nitrogen and oxygen atoms in total. The van der Waals surface area contributed by atoms with Gasteiger partial charge in [-0.05, 0) is 37.0 Å². The molecule has 2 aromatic carbocycles. The Labute approximate surface area is 205 Å². The van der Waals surface area contributed by atoms with E-state index in [4.69, 9.17) is 17.3 Å². The van der Waals surface area contributed by atoms with E-state index >= 15 is 0 Å². The highest BCUT2D eigenvalue weighted by Gasteiger charge is 2.51. The van der Waals surface area contributed by atoms with Crippen molar-refractivity contribution in [3.05, 3.63) is 64.7 Å². The number of rotatable bonds is 9. The summed E-state index contributed by atoms with van der Waals surface area (Å²) in [6.07, 6.45) is 3.91. The van der Waals surface area contributed by atoms with Gasteiger partial charge < -0.3 is 10.0 Å². The van der Waals surface area contributed by atoms with Crippen LogP contribution < -0.4 is 10.6 Å². The summed E-state index contributed by atoms with van der Waals surface area (Å²) in [7, 11) is 1.59. The minimum atomic E-state index is -2.15. The van der Waals surface area contributed by atoms with Gasteiger partial charge in [-0.2, -0.15) is 0 Å². The van der Waals surface area contributed by atoms with Crippen LogP contribution in [0.4, 0.5) is 5.69 Å². The molecular weight excluding hydrogens is 450 g/mol. The molecular formula is C27H32ClN3O3. The number of aliphatic hydroxyl groups is 1. The molecule has 0 radical (unpaired) electrons. The van der Waals surface area contributed by atoms with Crippen molar-refractivity contribution >= 4 is 34.7 Å². The number of amides is 1. The van der Waals surface area contributed by atoms with Gasteiger partial charge >= 0.3 is 0 Å². The quantitative estimate of drug-likeness (QED) is 0.520. The highest BCUT2D eigenvalue weighted by molar-refractivity contribution is 6.32. The van der Waals surface area contributed by atoms with Crippen LogP contribution in [-0.4, -0.2) is 41.3 Å². The van der Waals surface area contributed by atoms with Crippen molar-refractivity contribution in [2.24, 2.45) is 22.6 Å². The van der Waals surface area contributed by atoms with Crippen molar-refractivity contribution in [2.75, 3.05) is 11.9 Å². The summed E-state index contributed by atoms with van der Waals surface area (Å²) >= 11 is 6.32. The number of fused-ring (bicyclic) bond motifs is 1. The molecule has 7 heteroatoms. The Kier molecular flexibility index (Phi) is 7.22. The van der Waals surface area contributed by atoms with Crippen molar-refractivity contribution in [1.82, 2.24) is 0 Å². The van der Waals surface area contributed by atoms with Gasteiger partial charge in [-0.3, -0.25) is 15.3 Å². The van der Waals surface area contributed by atoms with Crippen molar-refractivity contribution in [3.8, 4) is 0 Å². The van der Waals surface area contributed by atoms with Crippen LogP contribution in [0.15, 0.2) is 53.5 Å². The maximum absolute atomic E-state index is 14.0. The number of nitrogens with two attached hydrogens (primary N) is 1. The molecule has 0 bridgehead atoms. The first-order valence-corrected chi connectivity index (χ1v) is 12.4. The number of unbranched alkanes of at least 4 members (excludes halogenated alkanes) is 1. The first-order chi connectivity index (χ1) is 16.3. The minimum absolute atomic E-state index is 0.376. The smallest absolute Gasteiger partial charge is 0.277 e. The van der Waals surface area contributed by atoms with E-state index in [1.807, 2.05) is 37.3 Å². The molecule has 34 heavy (non-hydrogen) atoms. The van der Waals surface area contributed by atoms with E-state index in [0.717, 1.165) is 31.2 Å². The number of carbonyl (C=O) groups is 2. The van der Waals surface area contributed by atoms with Crippen molar-refractivity contribution in [1.29, 1.82) is 0 Å². The maximum atomic E-state index is 14.0. The van der Waals surface area contributed by atoms with Crippen LogP contribution in [0.2, 0.25) is 5.02 Å². The molecule has 1 fully saturated rings. The third-order valence-electron chi connectivity index (χ3n) is 6.86. The molecule has 1 saturated carbocycles.